The Hall–Kier alpha value is -0.340. The van der Waals surface area contributed by atoms with Crippen LogP contribution in [-0.2, 0) is 0 Å². The van der Waals surface area contributed by atoms with Crippen LogP contribution >= 0.6 is 0 Å². The van der Waals surface area contributed by atoms with Crippen molar-refractivity contribution in [3.8, 4) is 0 Å². The number of hydrogen-bond donors (Lipinski definition) is 2. The first-order chi connectivity index (χ1) is 10.3. The van der Waals surface area contributed by atoms with Crippen LogP contribution in [0.5, 0.6) is 0 Å². The van der Waals surface area contributed by atoms with Crippen molar-refractivity contribution < 1.29 is 10.2 Å². The van der Waals surface area contributed by atoms with E-state index in [2.05, 4.69) is 33.8 Å². The Morgan fingerprint density at radius 3 is 2.55 bits per heavy atom. The van der Waals surface area contributed by atoms with Crippen molar-refractivity contribution in [1.29, 1.82) is 0 Å². The van der Waals surface area contributed by atoms with Gasteiger partial charge in [-0.1, -0.05) is 46.6 Å². The molecule has 2 N–H and O–H groups in total. The van der Waals surface area contributed by atoms with Gasteiger partial charge in [0.05, 0.1) is 6.61 Å². The van der Waals surface area contributed by atoms with Gasteiger partial charge in [-0.3, -0.25) is 0 Å². The molecule has 0 spiro atoms. The zero-order valence-corrected chi connectivity index (χ0v) is 15.1. The lowest BCUT2D eigenvalue weighted by Crippen LogP contribution is -2.49. The zero-order chi connectivity index (χ0) is 16.4. The van der Waals surface area contributed by atoms with E-state index in [1.807, 2.05) is 0 Å². The SMILES string of the molecule is C[C@H](CCO)CC[C@H]1C(CO)=CC[C@H]2C(C)(C)CCC[C@]12C. The molecule has 0 radical (unpaired) electrons. The molecule has 2 rings (SSSR count). The normalized spacial score (nSPS) is 35.6. The van der Waals surface area contributed by atoms with Gasteiger partial charge in [0.2, 0.25) is 0 Å². The highest BCUT2D eigenvalue weighted by Gasteiger charge is 2.51. The molecule has 0 amide bonds. The van der Waals surface area contributed by atoms with Crippen molar-refractivity contribution in [3.63, 3.8) is 0 Å². The largest absolute Gasteiger partial charge is 0.396 e. The monoisotopic (exact) mass is 308 g/mol. The van der Waals surface area contributed by atoms with Gasteiger partial charge in [0.1, 0.15) is 0 Å². The fourth-order valence-corrected chi connectivity index (χ4v) is 5.51. The maximum absolute atomic E-state index is 9.86. The maximum Gasteiger partial charge on any atom is 0.0644 e. The second-order valence-corrected chi connectivity index (χ2v) is 8.82. The van der Waals surface area contributed by atoms with Crippen LogP contribution in [0, 0.1) is 28.6 Å². The molecule has 0 aromatic rings. The molecule has 22 heavy (non-hydrogen) atoms. The highest BCUT2D eigenvalue weighted by molar-refractivity contribution is 5.20. The van der Waals surface area contributed by atoms with Gasteiger partial charge in [0.25, 0.3) is 0 Å². The van der Waals surface area contributed by atoms with E-state index in [9.17, 15) is 5.11 Å². The number of allylic oxidation sites excluding steroid dienone is 1. The summed E-state index contributed by atoms with van der Waals surface area (Å²) >= 11 is 0. The van der Waals surface area contributed by atoms with Gasteiger partial charge in [-0.15, -0.1) is 0 Å². The van der Waals surface area contributed by atoms with Crippen LogP contribution in [0.2, 0.25) is 0 Å². The van der Waals surface area contributed by atoms with Crippen LogP contribution in [0.15, 0.2) is 11.6 Å². The van der Waals surface area contributed by atoms with Crippen molar-refractivity contribution >= 4 is 0 Å². The third-order valence-corrected chi connectivity index (χ3v) is 6.89. The summed E-state index contributed by atoms with van der Waals surface area (Å²) in [5.41, 5.74) is 2.04. The Labute approximate surface area is 137 Å². The maximum atomic E-state index is 9.86. The van der Waals surface area contributed by atoms with Crippen LogP contribution in [0.3, 0.4) is 0 Å². The number of fused-ring (bicyclic) bond motifs is 1. The van der Waals surface area contributed by atoms with Crippen molar-refractivity contribution in [1.82, 2.24) is 0 Å². The minimum Gasteiger partial charge on any atom is -0.396 e. The van der Waals surface area contributed by atoms with Crippen LogP contribution in [0.1, 0.15) is 72.6 Å². The number of aliphatic hydroxyl groups excluding tert-OH is 2. The summed E-state index contributed by atoms with van der Waals surface area (Å²) in [7, 11) is 0. The molecular weight excluding hydrogens is 272 g/mol. The molecule has 2 aliphatic carbocycles. The molecule has 0 bridgehead atoms. The van der Waals surface area contributed by atoms with Crippen LogP contribution in [-0.4, -0.2) is 23.4 Å². The molecule has 0 aromatic carbocycles. The quantitative estimate of drug-likeness (QED) is 0.706. The molecule has 0 aromatic heterocycles. The molecule has 0 saturated heterocycles. The Balaban J connectivity index is 2.19. The summed E-state index contributed by atoms with van der Waals surface area (Å²) in [6, 6.07) is 0. The second-order valence-electron chi connectivity index (χ2n) is 8.82. The van der Waals surface area contributed by atoms with E-state index in [0.29, 0.717) is 29.3 Å². The van der Waals surface area contributed by atoms with Crippen molar-refractivity contribution in [2.75, 3.05) is 13.2 Å². The van der Waals surface area contributed by atoms with E-state index in [0.717, 1.165) is 31.6 Å². The van der Waals surface area contributed by atoms with Gasteiger partial charge in [-0.2, -0.15) is 0 Å². The molecule has 128 valence electrons. The van der Waals surface area contributed by atoms with Crippen molar-refractivity contribution in [3.05, 3.63) is 11.6 Å². The molecule has 0 aliphatic heterocycles. The van der Waals surface area contributed by atoms with E-state index in [1.165, 1.54) is 24.8 Å². The number of hydrogen-bond acceptors (Lipinski definition) is 2. The van der Waals surface area contributed by atoms with E-state index >= 15 is 0 Å². The Bertz CT molecular complexity index is 399. The Morgan fingerprint density at radius 1 is 1.18 bits per heavy atom. The third-order valence-electron chi connectivity index (χ3n) is 6.89. The summed E-state index contributed by atoms with van der Waals surface area (Å²) in [5, 5.41) is 19.0. The average Bonchev–Trinajstić information content (AvgIpc) is 2.44. The molecule has 4 atom stereocenters. The molecule has 0 heterocycles. The minimum atomic E-state index is 0.224. The average molecular weight is 309 g/mol. The first-order valence-electron chi connectivity index (χ1n) is 9.26. The predicted octanol–water partition coefficient (Wildman–Crippen LogP) is 4.56. The highest BCUT2D eigenvalue weighted by atomic mass is 16.3. The van der Waals surface area contributed by atoms with Gasteiger partial charge in [-0.05, 0) is 66.3 Å². The van der Waals surface area contributed by atoms with Gasteiger partial charge in [0, 0.05) is 6.61 Å². The first kappa shape index (κ1) is 18.0. The topological polar surface area (TPSA) is 40.5 Å². The van der Waals surface area contributed by atoms with Gasteiger partial charge in [0.15, 0.2) is 0 Å². The molecule has 0 unspecified atom stereocenters. The molecular formula is C20H36O2. The minimum absolute atomic E-state index is 0.224. The third kappa shape index (κ3) is 3.43. The van der Waals surface area contributed by atoms with E-state index in [1.54, 1.807) is 0 Å². The number of aliphatic hydroxyl groups is 2. The van der Waals surface area contributed by atoms with Gasteiger partial charge >= 0.3 is 0 Å². The van der Waals surface area contributed by atoms with E-state index < -0.39 is 0 Å². The molecule has 2 aliphatic rings. The highest BCUT2D eigenvalue weighted by Crippen LogP contribution is 2.60. The smallest absolute Gasteiger partial charge is 0.0644 e. The second kappa shape index (κ2) is 7.05. The van der Waals surface area contributed by atoms with Crippen LogP contribution in [0.25, 0.3) is 0 Å². The summed E-state index contributed by atoms with van der Waals surface area (Å²) in [5.74, 6) is 1.84. The lowest BCUT2D eigenvalue weighted by molar-refractivity contribution is -0.0435. The van der Waals surface area contributed by atoms with Crippen LogP contribution < -0.4 is 0 Å². The zero-order valence-electron chi connectivity index (χ0n) is 15.1. The molecule has 2 nitrogen and oxygen atoms in total. The van der Waals surface area contributed by atoms with Gasteiger partial charge < -0.3 is 10.2 Å². The lowest BCUT2D eigenvalue weighted by atomic mass is 9.48. The molecule has 1 fully saturated rings. The fraction of sp³-hybridized carbons (Fsp3) is 0.900. The van der Waals surface area contributed by atoms with Crippen molar-refractivity contribution in [2.24, 2.45) is 28.6 Å². The van der Waals surface area contributed by atoms with Gasteiger partial charge in [-0.25, -0.2) is 0 Å². The summed E-state index contributed by atoms with van der Waals surface area (Å²) in [6.07, 6.45) is 10.7. The standard InChI is InChI=1S/C20H36O2/c1-15(10-13-21)6-8-17-16(14-22)7-9-18-19(2,3)11-5-12-20(17,18)4/h7,15,17-18,21-22H,5-6,8-14H2,1-4H3/t15-,17-,18-,20+/m0/s1. The predicted molar refractivity (Wildman–Crippen MR) is 92.6 cm³/mol. The van der Waals surface area contributed by atoms with E-state index in [-0.39, 0.29) is 6.61 Å². The van der Waals surface area contributed by atoms with E-state index in [4.69, 9.17) is 5.11 Å². The summed E-state index contributed by atoms with van der Waals surface area (Å²) in [4.78, 5) is 0. The Kier molecular flexibility index (Phi) is 5.77. The fourth-order valence-electron chi connectivity index (χ4n) is 5.51. The molecule has 1 saturated carbocycles. The summed E-state index contributed by atoms with van der Waals surface area (Å²) < 4.78 is 0. The summed E-state index contributed by atoms with van der Waals surface area (Å²) in [6.45, 7) is 10.1. The lowest BCUT2D eigenvalue weighted by Gasteiger charge is -2.57. The van der Waals surface area contributed by atoms with Crippen LogP contribution in [0.4, 0.5) is 0 Å². The van der Waals surface area contributed by atoms with Crippen molar-refractivity contribution in [2.45, 2.75) is 72.6 Å². The first-order valence-corrected chi connectivity index (χ1v) is 9.26. The molecule has 2 heteroatoms. The number of rotatable bonds is 6. The Morgan fingerprint density at radius 2 is 1.91 bits per heavy atom.